The van der Waals surface area contributed by atoms with Crippen LogP contribution in [0.3, 0.4) is 0 Å². The maximum Gasteiger partial charge on any atom is 0.0687 e. The molecule has 13 heavy (non-hydrogen) atoms. The number of hydrogen-bond acceptors (Lipinski definition) is 1. The van der Waals surface area contributed by atoms with Crippen molar-refractivity contribution in [3.8, 4) is 0 Å². The second-order valence-corrected chi connectivity index (χ2v) is 3.47. The lowest BCUT2D eigenvalue weighted by Gasteiger charge is -2.09. The summed E-state index contributed by atoms with van der Waals surface area (Å²) in [6.07, 6.45) is 3.50. The molecule has 0 atom stereocenters. The summed E-state index contributed by atoms with van der Waals surface area (Å²) in [5, 5.41) is 9.20. The molecule has 1 rings (SSSR count). The maximum atomic E-state index is 9.20. The molecular weight excluding hydrogens is 160 g/mol. The van der Waals surface area contributed by atoms with Crippen molar-refractivity contribution < 1.29 is 5.11 Å². The van der Waals surface area contributed by atoms with Crippen molar-refractivity contribution in [2.75, 3.05) is 0 Å². The van der Waals surface area contributed by atoms with Crippen molar-refractivity contribution in [2.24, 2.45) is 0 Å². The van der Waals surface area contributed by atoms with Gasteiger partial charge in [0.15, 0.2) is 0 Å². The van der Waals surface area contributed by atoms with Crippen LogP contribution < -0.4 is 0 Å². The molecule has 0 aliphatic heterocycles. The molecule has 72 valence electrons. The van der Waals surface area contributed by atoms with E-state index >= 15 is 0 Å². The summed E-state index contributed by atoms with van der Waals surface area (Å²) >= 11 is 0. The van der Waals surface area contributed by atoms with E-state index in [-0.39, 0.29) is 6.61 Å². The van der Waals surface area contributed by atoms with Crippen LogP contribution in [0.1, 0.15) is 36.5 Å². The molecule has 1 nitrogen and oxygen atoms in total. The topological polar surface area (TPSA) is 20.2 Å². The van der Waals surface area contributed by atoms with Gasteiger partial charge in [0.25, 0.3) is 0 Å². The molecule has 0 aromatic heterocycles. The molecule has 0 fully saturated rings. The normalized spacial score (nSPS) is 10.4. The highest BCUT2D eigenvalue weighted by atomic mass is 16.3. The molecule has 0 amide bonds. The minimum Gasteiger partial charge on any atom is -0.392 e. The van der Waals surface area contributed by atoms with E-state index < -0.39 is 0 Å². The molecule has 1 aromatic carbocycles. The average Bonchev–Trinajstić information content (AvgIpc) is 2.15. The minimum absolute atomic E-state index is 0.172. The first kappa shape index (κ1) is 10.3. The van der Waals surface area contributed by atoms with E-state index in [1.807, 2.05) is 0 Å². The number of benzene rings is 1. The highest BCUT2D eigenvalue weighted by Gasteiger charge is 2.02. The molecule has 0 radical (unpaired) electrons. The first-order valence-corrected chi connectivity index (χ1v) is 4.97. The van der Waals surface area contributed by atoms with Crippen LogP contribution in [0.25, 0.3) is 0 Å². The van der Waals surface area contributed by atoms with E-state index in [2.05, 4.69) is 32.0 Å². The third-order valence-corrected chi connectivity index (χ3v) is 2.47. The van der Waals surface area contributed by atoms with Gasteiger partial charge >= 0.3 is 0 Å². The molecule has 0 aliphatic rings. The van der Waals surface area contributed by atoms with Gasteiger partial charge in [-0.15, -0.1) is 0 Å². The smallest absolute Gasteiger partial charge is 0.0687 e. The highest BCUT2D eigenvalue weighted by Crippen LogP contribution is 2.16. The third kappa shape index (κ3) is 2.56. The monoisotopic (exact) mass is 178 g/mol. The highest BCUT2D eigenvalue weighted by molar-refractivity contribution is 5.33. The lowest BCUT2D eigenvalue weighted by molar-refractivity contribution is 0.279. The SMILES string of the molecule is CCCCc1cccc(C)c1CO. The molecule has 0 saturated heterocycles. The van der Waals surface area contributed by atoms with Gasteiger partial charge in [-0.1, -0.05) is 31.5 Å². The van der Waals surface area contributed by atoms with Crippen molar-refractivity contribution in [2.45, 2.75) is 39.7 Å². The predicted molar refractivity (Wildman–Crippen MR) is 55.7 cm³/mol. The second kappa shape index (κ2) is 5.03. The Bertz CT molecular complexity index is 266. The van der Waals surface area contributed by atoms with E-state index in [9.17, 15) is 5.11 Å². The van der Waals surface area contributed by atoms with Gasteiger partial charge < -0.3 is 5.11 Å². The summed E-state index contributed by atoms with van der Waals surface area (Å²) in [4.78, 5) is 0. The van der Waals surface area contributed by atoms with Crippen molar-refractivity contribution in [1.29, 1.82) is 0 Å². The number of hydrogen-bond donors (Lipinski definition) is 1. The molecule has 0 spiro atoms. The summed E-state index contributed by atoms with van der Waals surface area (Å²) in [5.74, 6) is 0. The molecule has 1 N–H and O–H groups in total. The van der Waals surface area contributed by atoms with E-state index in [0.29, 0.717) is 0 Å². The van der Waals surface area contributed by atoms with Crippen LogP contribution in [-0.4, -0.2) is 5.11 Å². The van der Waals surface area contributed by atoms with Crippen LogP contribution in [0.15, 0.2) is 18.2 Å². The fourth-order valence-corrected chi connectivity index (χ4v) is 1.59. The quantitative estimate of drug-likeness (QED) is 0.751. The second-order valence-electron chi connectivity index (χ2n) is 3.47. The van der Waals surface area contributed by atoms with Crippen LogP contribution in [0.5, 0.6) is 0 Å². The molecule has 0 saturated carbocycles. The number of aryl methyl sites for hydroxylation is 2. The molecular formula is C12H18O. The Morgan fingerprint density at radius 2 is 2.08 bits per heavy atom. The zero-order chi connectivity index (χ0) is 9.68. The fraction of sp³-hybridized carbons (Fsp3) is 0.500. The van der Waals surface area contributed by atoms with Crippen LogP contribution in [0, 0.1) is 6.92 Å². The lowest BCUT2D eigenvalue weighted by Crippen LogP contribution is -1.97. The molecule has 0 heterocycles. The summed E-state index contributed by atoms with van der Waals surface area (Å²) in [5.41, 5.74) is 3.64. The zero-order valence-electron chi connectivity index (χ0n) is 8.51. The van der Waals surface area contributed by atoms with Gasteiger partial charge in [0.1, 0.15) is 0 Å². The van der Waals surface area contributed by atoms with Crippen LogP contribution in [-0.2, 0) is 13.0 Å². The molecule has 0 aliphatic carbocycles. The molecule has 0 unspecified atom stereocenters. The van der Waals surface area contributed by atoms with Gasteiger partial charge in [-0.2, -0.15) is 0 Å². The molecule has 0 bridgehead atoms. The van der Waals surface area contributed by atoms with E-state index in [1.54, 1.807) is 0 Å². The standard InChI is InChI=1S/C12H18O/c1-3-4-7-11-8-5-6-10(2)12(11)9-13/h5-6,8,13H,3-4,7,9H2,1-2H3. The Balaban J connectivity index is 2.85. The van der Waals surface area contributed by atoms with Gasteiger partial charge in [0.2, 0.25) is 0 Å². The van der Waals surface area contributed by atoms with Crippen LogP contribution in [0.4, 0.5) is 0 Å². The van der Waals surface area contributed by atoms with Gasteiger partial charge in [-0.05, 0) is 36.5 Å². The van der Waals surface area contributed by atoms with Gasteiger partial charge in [0.05, 0.1) is 6.61 Å². The lowest BCUT2D eigenvalue weighted by atomic mass is 9.98. The first-order valence-electron chi connectivity index (χ1n) is 4.97. The Morgan fingerprint density at radius 3 is 2.69 bits per heavy atom. The fourth-order valence-electron chi connectivity index (χ4n) is 1.59. The van der Waals surface area contributed by atoms with Crippen LogP contribution in [0.2, 0.25) is 0 Å². The Hall–Kier alpha value is -0.820. The van der Waals surface area contributed by atoms with E-state index in [4.69, 9.17) is 0 Å². The zero-order valence-corrected chi connectivity index (χ0v) is 8.51. The molecule has 1 heteroatoms. The van der Waals surface area contributed by atoms with Crippen molar-refractivity contribution >= 4 is 0 Å². The minimum atomic E-state index is 0.172. The third-order valence-electron chi connectivity index (χ3n) is 2.47. The van der Waals surface area contributed by atoms with Crippen molar-refractivity contribution in [3.05, 3.63) is 34.9 Å². The Kier molecular flexibility index (Phi) is 3.97. The summed E-state index contributed by atoms with van der Waals surface area (Å²) in [7, 11) is 0. The maximum absolute atomic E-state index is 9.20. The van der Waals surface area contributed by atoms with Crippen LogP contribution >= 0.6 is 0 Å². The number of aliphatic hydroxyl groups is 1. The Morgan fingerprint density at radius 1 is 1.31 bits per heavy atom. The predicted octanol–water partition coefficient (Wildman–Crippen LogP) is 2.83. The number of unbranched alkanes of at least 4 members (excludes halogenated alkanes) is 1. The van der Waals surface area contributed by atoms with Gasteiger partial charge in [-0.3, -0.25) is 0 Å². The summed E-state index contributed by atoms with van der Waals surface area (Å²) in [6.45, 7) is 4.42. The Labute approximate surface area is 80.4 Å². The van der Waals surface area contributed by atoms with Gasteiger partial charge in [-0.25, -0.2) is 0 Å². The molecule has 1 aromatic rings. The largest absolute Gasteiger partial charge is 0.392 e. The first-order chi connectivity index (χ1) is 6.29. The summed E-state index contributed by atoms with van der Waals surface area (Å²) in [6, 6.07) is 6.24. The van der Waals surface area contributed by atoms with Gasteiger partial charge in [0, 0.05) is 0 Å². The van der Waals surface area contributed by atoms with Crippen molar-refractivity contribution in [1.82, 2.24) is 0 Å². The number of aliphatic hydroxyl groups excluding tert-OH is 1. The van der Waals surface area contributed by atoms with E-state index in [1.165, 1.54) is 24.0 Å². The summed E-state index contributed by atoms with van der Waals surface area (Å²) < 4.78 is 0. The van der Waals surface area contributed by atoms with Crippen molar-refractivity contribution in [3.63, 3.8) is 0 Å². The van der Waals surface area contributed by atoms with E-state index in [0.717, 1.165) is 12.0 Å². The average molecular weight is 178 g/mol. The number of rotatable bonds is 4.